The van der Waals surface area contributed by atoms with Gasteiger partial charge in [0.1, 0.15) is 0 Å². The first-order chi connectivity index (χ1) is 9.91. The van der Waals surface area contributed by atoms with Gasteiger partial charge in [-0.3, -0.25) is 4.79 Å². The Labute approximate surface area is 126 Å². The van der Waals surface area contributed by atoms with Gasteiger partial charge < -0.3 is 5.32 Å². The highest BCUT2D eigenvalue weighted by Crippen LogP contribution is 2.21. The van der Waals surface area contributed by atoms with Gasteiger partial charge >= 0.3 is 0 Å². The molecule has 0 saturated carbocycles. The molecule has 1 N–H and O–H groups in total. The lowest BCUT2D eigenvalue weighted by atomic mass is 10.2. The minimum atomic E-state index is -3.49. The van der Waals surface area contributed by atoms with Gasteiger partial charge in [0.05, 0.1) is 4.90 Å². The number of piperidine rings is 1. The summed E-state index contributed by atoms with van der Waals surface area (Å²) >= 11 is 0. The predicted molar refractivity (Wildman–Crippen MR) is 81.7 cm³/mol. The molecule has 0 aromatic heterocycles. The van der Waals surface area contributed by atoms with Crippen molar-refractivity contribution in [1.29, 1.82) is 0 Å². The van der Waals surface area contributed by atoms with Crippen molar-refractivity contribution in [3.8, 4) is 0 Å². The van der Waals surface area contributed by atoms with E-state index >= 15 is 0 Å². The van der Waals surface area contributed by atoms with Gasteiger partial charge in [0, 0.05) is 24.7 Å². The lowest BCUT2D eigenvalue weighted by Gasteiger charge is -2.26. The number of amides is 1. The number of hydrogen-bond acceptors (Lipinski definition) is 3. The summed E-state index contributed by atoms with van der Waals surface area (Å²) in [6, 6.07) is 6.27. The van der Waals surface area contributed by atoms with Crippen molar-refractivity contribution in [3.63, 3.8) is 0 Å². The summed E-state index contributed by atoms with van der Waals surface area (Å²) < 4.78 is 26.7. The molecule has 1 aromatic carbocycles. The first-order valence-corrected chi connectivity index (χ1v) is 8.76. The van der Waals surface area contributed by atoms with E-state index in [2.05, 4.69) is 5.32 Å². The first-order valence-electron chi connectivity index (χ1n) is 7.32. The van der Waals surface area contributed by atoms with E-state index in [0.717, 1.165) is 19.3 Å². The average molecular weight is 310 g/mol. The lowest BCUT2D eigenvalue weighted by Crippen LogP contribution is -2.36. The maximum Gasteiger partial charge on any atom is 0.251 e. The number of carbonyl (C=O) groups is 1. The molecule has 1 saturated heterocycles. The Bertz CT molecular complexity index is 605. The van der Waals surface area contributed by atoms with Crippen LogP contribution in [-0.2, 0) is 10.0 Å². The summed E-state index contributed by atoms with van der Waals surface area (Å²) in [5.74, 6) is -0.249. The van der Waals surface area contributed by atoms with Gasteiger partial charge in [-0.25, -0.2) is 8.42 Å². The van der Waals surface area contributed by atoms with Crippen LogP contribution in [0.3, 0.4) is 0 Å². The van der Waals surface area contributed by atoms with Gasteiger partial charge in [-0.15, -0.1) is 0 Å². The van der Waals surface area contributed by atoms with Crippen molar-refractivity contribution in [2.45, 2.75) is 44.0 Å². The second-order valence-electron chi connectivity index (χ2n) is 5.62. The van der Waals surface area contributed by atoms with Crippen molar-refractivity contribution in [1.82, 2.24) is 9.62 Å². The highest BCUT2D eigenvalue weighted by Gasteiger charge is 2.26. The van der Waals surface area contributed by atoms with Crippen LogP contribution in [0.15, 0.2) is 29.2 Å². The summed E-state index contributed by atoms with van der Waals surface area (Å²) in [6.45, 7) is 4.86. The monoisotopic (exact) mass is 310 g/mol. The fourth-order valence-corrected chi connectivity index (χ4v) is 3.96. The second-order valence-corrected chi connectivity index (χ2v) is 7.56. The zero-order valence-electron chi connectivity index (χ0n) is 12.5. The molecule has 1 heterocycles. The highest BCUT2D eigenvalue weighted by molar-refractivity contribution is 7.89. The van der Waals surface area contributed by atoms with E-state index in [9.17, 15) is 13.2 Å². The van der Waals surface area contributed by atoms with Gasteiger partial charge in [-0.2, -0.15) is 4.31 Å². The quantitative estimate of drug-likeness (QED) is 0.925. The predicted octanol–water partition coefficient (Wildman–Crippen LogP) is 2.00. The van der Waals surface area contributed by atoms with E-state index in [1.807, 2.05) is 13.8 Å². The van der Waals surface area contributed by atoms with Crippen LogP contribution < -0.4 is 5.32 Å². The number of sulfonamides is 1. The summed E-state index contributed by atoms with van der Waals surface area (Å²) in [7, 11) is -3.49. The standard InChI is InChI=1S/C15H22N2O3S/c1-12(2)16-15(18)13-7-6-8-14(11-13)21(19,20)17-9-4-3-5-10-17/h6-8,11-12H,3-5,9-10H2,1-2H3,(H,16,18). The molecular formula is C15H22N2O3S. The smallest absolute Gasteiger partial charge is 0.251 e. The molecule has 21 heavy (non-hydrogen) atoms. The molecule has 0 spiro atoms. The Morgan fingerprint density at radius 1 is 1.19 bits per heavy atom. The Morgan fingerprint density at radius 3 is 2.48 bits per heavy atom. The van der Waals surface area contributed by atoms with Gasteiger partial charge in [0.2, 0.25) is 10.0 Å². The van der Waals surface area contributed by atoms with E-state index in [0.29, 0.717) is 18.7 Å². The highest BCUT2D eigenvalue weighted by atomic mass is 32.2. The molecule has 1 aromatic rings. The Kier molecular flexibility index (Phi) is 5.00. The molecular weight excluding hydrogens is 288 g/mol. The number of carbonyl (C=O) groups excluding carboxylic acids is 1. The van der Waals surface area contributed by atoms with E-state index in [1.54, 1.807) is 18.2 Å². The van der Waals surface area contributed by atoms with Gasteiger partial charge in [-0.05, 0) is 44.9 Å². The molecule has 0 atom stereocenters. The molecule has 0 unspecified atom stereocenters. The third kappa shape index (κ3) is 3.83. The molecule has 5 nitrogen and oxygen atoms in total. The van der Waals surface area contributed by atoms with Gasteiger partial charge in [0.25, 0.3) is 5.91 Å². The van der Waals surface area contributed by atoms with Crippen molar-refractivity contribution >= 4 is 15.9 Å². The molecule has 1 fully saturated rings. The van der Waals surface area contributed by atoms with Crippen LogP contribution in [0.4, 0.5) is 0 Å². The number of hydrogen-bond donors (Lipinski definition) is 1. The van der Waals surface area contributed by atoms with E-state index in [-0.39, 0.29) is 16.8 Å². The number of rotatable bonds is 4. The number of benzene rings is 1. The van der Waals surface area contributed by atoms with Crippen LogP contribution in [0.25, 0.3) is 0 Å². The molecule has 0 radical (unpaired) electrons. The summed E-state index contributed by atoms with van der Waals surface area (Å²) in [5.41, 5.74) is 0.377. The van der Waals surface area contributed by atoms with Crippen LogP contribution in [0.5, 0.6) is 0 Å². The Morgan fingerprint density at radius 2 is 1.86 bits per heavy atom. The van der Waals surface area contributed by atoms with Crippen molar-refractivity contribution in [2.24, 2.45) is 0 Å². The van der Waals surface area contributed by atoms with E-state index in [1.165, 1.54) is 10.4 Å². The van der Waals surface area contributed by atoms with Crippen LogP contribution in [-0.4, -0.2) is 37.8 Å². The average Bonchev–Trinajstić information content (AvgIpc) is 2.47. The SMILES string of the molecule is CC(C)NC(=O)c1cccc(S(=O)(=O)N2CCCCC2)c1. The second kappa shape index (κ2) is 6.58. The molecule has 1 aliphatic rings. The number of nitrogens with one attached hydrogen (secondary N) is 1. The number of nitrogens with zero attached hydrogens (tertiary/aromatic N) is 1. The zero-order chi connectivity index (χ0) is 15.5. The fourth-order valence-electron chi connectivity index (χ4n) is 2.40. The minimum absolute atomic E-state index is 0.0138. The van der Waals surface area contributed by atoms with Crippen LogP contribution in [0.1, 0.15) is 43.5 Å². The summed E-state index contributed by atoms with van der Waals surface area (Å²) in [6.07, 6.45) is 2.86. The zero-order valence-corrected chi connectivity index (χ0v) is 13.3. The molecule has 0 aliphatic carbocycles. The Hall–Kier alpha value is -1.40. The molecule has 2 rings (SSSR count). The van der Waals surface area contributed by atoms with Crippen molar-refractivity contribution in [2.75, 3.05) is 13.1 Å². The summed E-state index contributed by atoms with van der Waals surface area (Å²) in [4.78, 5) is 12.2. The third-order valence-corrected chi connectivity index (χ3v) is 5.36. The maximum absolute atomic E-state index is 12.6. The van der Waals surface area contributed by atoms with E-state index in [4.69, 9.17) is 0 Å². The molecule has 6 heteroatoms. The van der Waals surface area contributed by atoms with Crippen LogP contribution >= 0.6 is 0 Å². The van der Waals surface area contributed by atoms with Gasteiger partial charge in [-0.1, -0.05) is 12.5 Å². The fraction of sp³-hybridized carbons (Fsp3) is 0.533. The molecule has 1 aliphatic heterocycles. The lowest BCUT2D eigenvalue weighted by molar-refractivity contribution is 0.0943. The largest absolute Gasteiger partial charge is 0.350 e. The molecule has 1 amide bonds. The topological polar surface area (TPSA) is 66.5 Å². The van der Waals surface area contributed by atoms with Crippen molar-refractivity contribution in [3.05, 3.63) is 29.8 Å². The molecule has 116 valence electrons. The van der Waals surface area contributed by atoms with E-state index < -0.39 is 10.0 Å². The normalized spacial score (nSPS) is 16.9. The minimum Gasteiger partial charge on any atom is -0.350 e. The van der Waals surface area contributed by atoms with Crippen molar-refractivity contribution < 1.29 is 13.2 Å². The third-order valence-electron chi connectivity index (χ3n) is 3.47. The van der Waals surface area contributed by atoms with Gasteiger partial charge in [0.15, 0.2) is 0 Å². The van der Waals surface area contributed by atoms with Crippen LogP contribution in [0.2, 0.25) is 0 Å². The first kappa shape index (κ1) is 16.0. The maximum atomic E-state index is 12.6. The Balaban J connectivity index is 2.25. The molecule has 0 bridgehead atoms. The summed E-state index contributed by atoms with van der Waals surface area (Å²) in [5, 5.41) is 2.77. The van der Waals surface area contributed by atoms with Crippen LogP contribution in [0, 0.1) is 0 Å².